The number of aryl methyl sites for hydroxylation is 2. The van der Waals surface area contributed by atoms with Crippen LogP contribution >= 0.6 is 0 Å². The van der Waals surface area contributed by atoms with Crippen molar-refractivity contribution in [2.24, 2.45) is 0 Å². The molecule has 0 aliphatic heterocycles. The van der Waals surface area contributed by atoms with Crippen LogP contribution in [0.15, 0.2) is 71.6 Å². The Hall–Kier alpha value is -3.36. The van der Waals surface area contributed by atoms with Gasteiger partial charge in [-0.2, -0.15) is 0 Å². The van der Waals surface area contributed by atoms with Gasteiger partial charge in [-0.3, -0.25) is 4.79 Å². The number of carbonyl (C=O) groups excluding carboxylic acids is 1. The largest absolute Gasteiger partial charge is 0.493 e. The lowest BCUT2D eigenvalue weighted by Gasteiger charge is -2.13. The minimum absolute atomic E-state index is 0.0663. The van der Waals surface area contributed by atoms with Gasteiger partial charge in [-0.15, -0.1) is 0 Å². The molecule has 3 rings (SSSR count). The Morgan fingerprint density at radius 3 is 2.39 bits per heavy atom. The van der Waals surface area contributed by atoms with Crippen LogP contribution in [0.1, 0.15) is 27.0 Å². The molecule has 0 heterocycles. The average Bonchev–Trinajstić information content (AvgIpc) is 2.82. The predicted molar refractivity (Wildman–Crippen MR) is 127 cm³/mol. The zero-order valence-electron chi connectivity index (χ0n) is 18.9. The molecule has 0 aliphatic rings. The first-order valence-electron chi connectivity index (χ1n) is 10.5. The van der Waals surface area contributed by atoms with E-state index < -0.39 is 10.0 Å². The summed E-state index contributed by atoms with van der Waals surface area (Å²) in [6.45, 7) is 4.17. The highest BCUT2D eigenvalue weighted by molar-refractivity contribution is 7.89. The number of ether oxygens (including phenoxy) is 2. The molecule has 0 fully saturated rings. The summed E-state index contributed by atoms with van der Waals surface area (Å²) < 4.78 is 38.8. The van der Waals surface area contributed by atoms with Crippen molar-refractivity contribution in [3.63, 3.8) is 0 Å². The van der Waals surface area contributed by atoms with Gasteiger partial charge in [-0.25, -0.2) is 13.1 Å². The molecule has 33 heavy (non-hydrogen) atoms. The van der Waals surface area contributed by atoms with E-state index in [-0.39, 0.29) is 23.9 Å². The van der Waals surface area contributed by atoms with Crippen molar-refractivity contribution < 1.29 is 22.7 Å². The summed E-state index contributed by atoms with van der Waals surface area (Å²) in [6.07, 6.45) is 0. The first kappa shape index (κ1) is 24.3. The molecule has 0 spiro atoms. The van der Waals surface area contributed by atoms with E-state index in [4.69, 9.17) is 9.47 Å². The maximum Gasteiger partial charge on any atom is 0.251 e. The number of rotatable bonds is 10. The van der Waals surface area contributed by atoms with Gasteiger partial charge in [-0.1, -0.05) is 42.5 Å². The normalized spacial score (nSPS) is 11.1. The Morgan fingerprint density at radius 1 is 0.909 bits per heavy atom. The Morgan fingerprint density at radius 2 is 1.67 bits per heavy atom. The molecular formula is C25H28N2O5S. The Bertz CT molecular complexity index is 1210. The van der Waals surface area contributed by atoms with E-state index >= 15 is 0 Å². The summed E-state index contributed by atoms with van der Waals surface area (Å²) in [6, 6.07) is 19.9. The fourth-order valence-electron chi connectivity index (χ4n) is 3.20. The summed E-state index contributed by atoms with van der Waals surface area (Å²) in [5.41, 5.74) is 2.93. The number of benzene rings is 3. The van der Waals surface area contributed by atoms with E-state index in [9.17, 15) is 13.2 Å². The van der Waals surface area contributed by atoms with Gasteiger partial charge in [0.15, 0.2) is 11.5 Å². The van der Waals surface area contributed by atoms with Crippen LogP contribution in [0.5, 0.6) is 11.5 Å². The minimum Gasteiger partial charge on any atom is -0.493 e. The fraction of sp³-hybridized carbons (Fsp3) is 0.240. The Labute approximate surface area is 194 Å². The molecule has 0 bridgehead atoms. The number of carbonyl (C=O) groups is 1. The number of methoxy groups -OCH3 is 1. The molecule has 1 amide bonds. The van der Waals surface area contributed by atoms with Gasteiger partial charge in [0.2, 0.25) is 10.0 Å². The van der Waals surface area contributed by atoms with Crippen LogP contribution in [0.25, 0.3) is 0 Å². The van der Waals surface area contributed by atoms with E-state index in [1.54, 1.807) is 37.3 Å². The first-order valence-corrected chi connectivity index (χ1v) is 12.0. The van der Waals surface area contributed by atoms with Gasteiger partial charge in [-0.05, 0) is 54.8 Å². The van der Waals surface area contributed by atoms with Crippen molar-refractivity contribution >= 4 is 15.9 Å². The molecule has 174 valence electrons. The summed E-state index contributed by atoms with van der Waals surface area (Å²) in [7, 11) is -2.15. The average molecular weight is 469 g/mol. The van der Waals surface area contributed by atoms with E-state index in [0.29, 0.717) is 29.2 Å². The van der Waals surface area contributed by atoms with Gasteiger partial charge in [0, 0.05) is 18.7 Å². The summed E-state index contributed by atoms with van der Waals surface area (Å²) >= 11 is 0. The van der Waals surface area contributed by atoms with Crippen LogP contribution in [0.4, 0.5) is 0 Å². The lowest BCUT2D eigenvalue weighted by atomic mass is 10.2. The van der Waals surface area contributed by atoms with Crippen LogP contribution in [0.3, 0.4) is 0 Å². The number of hydrogen-bond acceptors (Lipinski definition) is 5. The van der Waals surface area contributed by atoms with Crippen LogP contribution in [0.2, 0.25) is 0 Å². The second kappa shape index (κ2) is 11.0. The summed E-state index contributed by atoms with van der Waals surface area (Å²) in [5.74, 6) is 0.627. The highest BCUT2D eigenvalue weighted by Gasteiger charge is 2.17. The zero-order chi connectivity index (χ0) is 23.8. The third kappa shape index (κ3) is 6.57. The standard InChI is InChI=1S/C25H28N2O5S/c1-18-9-10-19(2)24(15-18)33(29,30)27-14-13-26-25(28)21-11-12-22(23(16-21)31-3)32-17-20-7-5-4-6-8-20/h4-12,15-16,27H,13-14,17H2,1-3H3,(H,26,28). The van der Waals surface area contributed by atoms with Crippen molar-refractivity contribution in [3.05, 3.63) is 89.0 Å². The number of amides is 1. The number of nitrogens with one attached hydrogen (secondary N) is 2. The third-order valence-electron chi connectivity index (χ3n) is 5.00. The topological polar surface area (TPSA) is 93.7 Å². The maximum atomic E-state index is 12.6. The maximum absolute atomic E-state index is 12.6. The van der Waals surface area contributed by atoms with Crippen LogP contribution < -0.4 is 19.5 Å². The Balaban J connectivity index is 1.55. The van der Waals surface area contributed by atoms with E-state index in [1.165, 1.54) is 7.11 Å². The SMILES string of the molecule is COc1cc(C(=O)NCCNS(=O)(=O)c2cc(C)ccc2C)ccc1OCc1ccccc1. The second-order valence-electron chi connectivity index (χ2n) is 7.56. The minimum atomic E-state index is -3.66. The molecule has 2 N–H and O–H groups in total. The monoisotopic (exact) mass is 468 g/mol. The molecule has 0 aliphatic carbocycles. The van der Waals surface area contributed by atoms with Gasteiger partial charge >= 0.3 is 0 Å². The van der Waals surface area contributed by atoms with Crippen LogP contribution in [-0.4, -0.2) is 34.5 Å². The molecule has 0 saturated carbocycles. The van der Waals surface area contributed by atoms with E-state index in [0.717, 1.165) is 11.1 Å². The molecule has 0 aromatic heterocycles. The molecule has 8 heteroatoms. The lowest BCUT2D eigenvalue weighted by molar-refractivity contribution is 0.0954. The first-order chi connectivity index (χ1) is 15.8. The fourth-order valence-corrected chi connectivity index (χ4v) is 4.56. The molecule has 0 unspecified atom stereocenters. The summed E-state index contributed by atoms with van der Waals surface area (Å²) in [5, 5.41) is 2.72. The van der Waals surface area contributed by atoms with Gasteiger partial charge in [0.25, 0.3) is 5.91 Å². The number of hydrogen-bond donors (Lipinski definition) is 2. The van der Waals surface area contributed by atoms with Gasteiger partial charge in [0.1, 0.15) is 6.61 Å². The predicted octanol–water partition coefficient (Wildman–Crippen LogP) is 3.60. The molecule has 7 nitrogen and oxygen atoms in total. The molecule has 0 saturated heterocycles. The lowest BCUT2D eigenvalue weighted by Crippen LogP contribution is -2.35. The van der Waals surface area contributed by atoms with E-state index in [1.807, 2.05) is 43.3 Å². The zero-order valence-corrected chi connectivity index (χ0v) is 19.7. The quantitative estimate of drug-likeness (QED) is 0.444. The van der Waals surface area contributed by atoms with Gasteiger partial charge < -0.3 is 14.8 Å². The van der Waals surface area contributed by atoms with Crippen LogP contribution in [-0.2, 0) is 16.6 Å². The van der Waals surface area contributed by atoms with Crippen LogP contribution in [0, 0.1) is 13.8 Å². The molecule has 0 atom stereocenters. The van der Waals surface area contributed by atoms with Crippen molar-refractivity contribution in [1.82, 2.24) is 10.0 Å². The molecule has 3 aromatic carbocycles. The highest BCUT2D eigenvalue weighted by Crippen LogP contribution is 2.29. The number of sulfonamides is 1. The summed E-state index contributed by atoms with van der Waals surface area (Å²) in [4.78, 5) is 12.8. The van der Waals surface area contributed by atoms with Crippen molar-refractivity contribution in [2.45, 2.75) is 25.3 Å². The van der Waals surface area contributed by atoms with Gasteiger partial charge in [0.05, 0.1) is 12.0 Å². The molecule has 3 aromatic rings. The molecule has 0 radical (unpaired) electrons. The van der Waals surface area contributed by atoms with Crippen molar-refractivity contribution in [2.75, 3.05) is 20.2 Å². The van der Waals surface area contributed by atoms with Crippen molar-refractivity contribution in [1.29, 1.82) is 0 Å². The Kier molecular flexibility index (Phi) is 8.08. The third-order valence-corrected chi connectivity index (χ3v) is 6.60. The second-order valence-corrected chi connectivity index (χ2v) is 9.30. The smallest absolute Gasteiger partial charge is 0.251 e. The van der Waals surface area contributed by atoms with E-state index in [2.05, 4.69) is 10.0 Å². The highest BCUT2D eigenvalue weighted by atomic mass is 32.2. The molecular weight excluding hydrogens is 440 g/mol. The van der Waals surface area contributed by atoms with Crippen molar-refractivity contribution in [3.8, 4) is 11.5 Å².